The van der Waals surface area contributed by atoms with Crippen molar-refractivity contribution in [3.8, 4) is 0 Å². The molecule has 0 bridgehead atoms. The number of rotatable bonds is 10. The van der Waals surface area contributed by atoms with Gasteiger partial charge in [0.05, 0.1) is 33.0 Å². The third-order valence-corrected chi connectivity index (χ3v) is 8.49. The van der Waals surface area contributed by atoms with Gasteiger partial charge in [-0.15, -0.1) is 0 Å². The van der Waals surface area contributed by atoms with E-state index >= 15 is 0 Å². The Bertz CT molecular complexity index is 965. The molecule has 0 saturated carbocycles. The molecular formula is C25H42O21. The first-order chi connectivity index (χ1) is 21.9. The molecule has 0 aromatic heterocycles. The number of ether oxygens (including phenoxy) is 9. The lowest BCUT2D eigenvalue weighted by Crippen LogP contribution is -2.62. The lowest BCUT2D eigenvalue weighted by atomic mass is 10.0. The molecule has 46 heavy (non-hydrogen) atoms. The number of hydrogen-bond donors (Lipinski definition) is 12. The molecule has 1 unspecified atom stereocenters. The minimum atomic E-state index is -1.80. The fourth-order valence-electron chi connectivity index (χ4n) is 5.71. The van der Waals surface area contributed by atoms with E-state index < -0.39 is 149 Å². The fourth-order valence-corrected chi connectivity index (χ4v) is 5.71. The van der Waals surface area contributed by atoms with Gasteiger partial charge in [0, 0.05) is 0 Å². The molecule has 0 spiro atoms. The second-order valence-corrected chi connectivity index (χ2v) is 11.6. The van der Waals surface area contributed by atoms with Crippen molar-refractivity contribution >= 4 is 0 Å². The highest BCUT2D eigenvalue weighted by atomic mass is 16.8. The van der Waals surface area contributed by atoms with Crippen LogP contribution >= 0.6 is 0 Å². The predicted molar refractivity (Wildman–Crippen MR) is 136 cm³/mol. The minimum Gasteiger partial charge on any atom is -0.394 e. The van der Waals surface area contributed by atoms with E-state index in [1.165, 1.54) is 0 Å². The summed E-state index contributed by atoms with van der Waals surface area (Å²) in [5, 5.41) is 122. The van der Waals surface area contributed by atoms with Crippen LogP contribution < -0.4 is 0 Å². The molecule has 0 amide bonds. The lowest BCUT2D eigenvalue weighted by Gasteiger charge is -2.44. The first kappa shape index (κ1) is 36.4. The normalized spacial score (nSPS) is 53.5. The van der Waals surface area contributed by atoms with Crippen LogP contribution in [0.4, 0.5) is 0 Å². The summed E-state index contributed by atoms with van der Waals surface area (Å²) in [5.41, 5.74) is 0. The third-order valence-electron chi connectivity index (χ3n) is 8.49. The predicted octanol–water partition coefficient (Wildman–Crippen LogP) is -8.73. The summed E-state index contributed by atoms with van der Waals surface area (Å²) < 4.78 is 48.9. The topological polar surface area (TPSA) is 326 Å². The molecule has 21 nitrogen and oxygen atoms in total. The summed E-state index contributed by atoms with van der Waals surface area (Å²) in [6.07, 6.45) is -30.8. The van der Waals surface area contributed by atoms with Crippen LogP contribution in [-0.4, -0.2) is 217 Å². The average molecular weight is 679 g/mol. The zero-order valence-corrected chi connectivity index (χ0v) is 24.1. The van der Waals surface area contributed by atoms with Crippen molar-refractivity contribution in [1.29, 1.82) is 0 Å². The van der Waals surface area contributed by atoms with Gasteiger partial charge in [-0.05, 0) is 0 Å². The van der Waals surface area contributed by atoms with Crippen LogP contribution in [0.3, 0.4) is 0 Å². The van der Waals surface area contributed by atoms with Crippen LogP contribution in [0.25, 0.3) is 0 Å². The van der Waals surface area contributed by atoms with Crippen molar-refractivity contribution < 1.29 is 104 Å². The van der Waals surface area contributed by atoms with E-state index in [2.05, 4.69) is 0 Å². The number of aliphatic hydroxyl groups is 12. The van der Waals surface area contributed by atoms with Gasteiger partial charge in [0.15, 0.2) is 31.5 Å². The molecule has 5 rings (SSSR count). The molecule has 5 aliphatic rings. The highest BCUT2D eigenvalue weighted by molar-refractivity contribution is 4.95. The summed E-state index contributed by atoms with van der Waals surface area (Å²) in [6.45, 7) is -2.63. The van der Waals surface area contributed by atoms with Gasteiger partial charge in [-0.25, -0.2) is 0 Å². The zero-order chi connectivity index (χ0) is 33.4. The average Bonchev–Trinajstić information content (AvgIpc) is 3.49. The number of hydrogen-bond acceptors (Lipinski definition) is 21. The van der Waals surface area contributed by atoms with Crippen LogP contribution in [0, 0.1) is 0 Å². The van der Waals surface area contributed by atoms with E-state index in [0.29, 0.717) is 0 Å². The molecule has 5 heterocycles. The van der Waals surface area contributed by atoms with Gasteiger partial charge in [-0.2, -0.15) is 0 Å². The summed E-state index contributed by atoms with van der Waals surface area (Å²) in [7, 11) is 0. The third kappa shape index (κ3) is 7.35. The molecule has 0 aliphatic carbocycles. The molecule has 12 N–H and O–H groups in total. The van der Waals surface area contributed by atoms with Gasteiger partial charge < -0.3 is 104 Å². The molecule has 0 aromatic rings. The van der Waals surface area contributed by atoms with Crippen LogP contribution in [0.1, 0.15) is 0 Å². The van der Waals surface area contributed by atoms with Crippen molar-refractivity contribution in [3.05, 3.63) is 0 Å². The van der Waals surface area contributed by atoms with Gasteiger partial charge >= 0.3 is 0 Å². The molecule has 5 saturated heterocycles. The summed E-state index contributed by atoms with van der Waals surface area (Å²) in [5.74, 6) is 0. The molecule has 21 heteroatoms. The van der Waals surface area contributed by atoms with E-state index in [1.807, 2.05) is 0 Å². The monoisotopic (exact) mass is 678 g/mol. The van der Waals surface area contributed by atoms with E-state index in [9.17, 15) is 61.3 Å². The van der Waals surface area contributed by atoms with Crippen LogP contribution in [0.2, 0.25) is 0 Å². The second kappa shape index (κ2) is 15.4. The molecule has 0 radical (unpaired) electrons. The van der Waals surface area contributed by atoms with Gasteiger partial charge in [0.25, 0.3) is 0 Å². The van der Waals surface area contributed by atoms with Crippen LogP contribution in [0.15, 0.2) is 0 Å². The smallest absolute Gasteiger partial charge is 0.187 e. The van der Waals surface area contributed by atoms with E-state index in [1.54, 1.807) is 0 Å². The SMILES string of the molecule is OC[C@@H]1O[C@@H](O[C@H]2[C@H](O[C@@H]3[C@@H](O)[C@H](O[C@@H]4CO[C@@H](O[C@@H]5COC(O)[C@H](O)[C@H]5O)[C@H](O)[C@H]4O)OC[C@H]3O)O[C@@H](CO)[C@@H]2O)[C@H](O)[C@H]1O. The fraction of sp³-hybridized carbons (Fsp3) is 1.00. The molecule has 20 atom stereocenters. The van der Waals surface area contributed by atoms with Crippen molar-refractivity contribution in [3.63, 3.8) is 0 Å². The molecule has 268 valence electrons. The maximum Gasteiger partial charge on any atom is 0.187 e. The molecule has 0 aromatic carbocycles. The van der Waals surface area contributed by atoms with Crippen molar-refractivity contribution in [2.75, 3.05) is 33.0 Å². The highest BCUT2D eigenvalue weighted by Gasteiger charge is 2.54. The molecule has 5 fully saturated rings. The Morgan fingerprint density at radius 3 is 1.57 bits per heavy atom. The Morgan fingerprint density at radius 1 is 0.435 bits per heavy atom. The summed E-state index contributed by atoms with van der Waals surface area (Å²) >= 11 is 0. The Hall–Kier alpha value is -0.840. The van der Waals surface area contributed by atoms with Gasteiger partial charge in [0.1, 0.15) is 91.6 Å². The number of aliphatic hydroxyl groups excluding tert-OH is 12. The van der Waals surface area contributed by atoms with Crippen LogP contribution in [0.5, 0.6) is 0 Å². The van der Waals surface area contributed by atoms with E-state index in [0.717, 1.165) is 0 Å². The zero-order valence-electron chi connectivity index (χ0n) is 24.1. The first-order valence-corrected chi connectivity index (χ1v) is 14.7. The van der Waals surface area contributed by atoms with Gasteiger partial charge in [0.2, 0.25) is 0 Å². The minimum absolute atomic E-state index is 0.361. The Kier molecular flexibility index (Phi) is 12.2. The second-order valence-electron chi connectivity index (χ2n) is 11.6. The van der Waals surface area contributed by atoms with Crippen molar-refractivity contribution in [2.45, 2.75) is 123 Å². The van der Waals surface area contributed by atoms with Gasteiger partial charge in [-0.1, -0.05) is 0 Å². The maximum absolute atomic E-state index is 11.0. The van der Waals surface area contributed by atoms with E-state index in [-0.39, 0.29) is 6.61 Å². The summed E-state index contributed by atoms with van der Waals surface area (Å²) in [6, 6.07) is 0. The lowest BCUT2D eigenvalue weighted by molar-refractivity contribution is -0.354. The Morgan fingerprint density at radius 2 is 0.935 bits per heavy atom. The Labute approximate surface area is 260 Å². The molecular weight excluding hydrogens is 636 g/mol. The molecule has 5 aliphatic heterocycles. The first-order valence-electron chi connectivity index (χ1n) is 14.7. The van der Waals surface area contributed by atoms with Crippen molar-refractivity contribution in [1.82, 2.24) is 0 Å². The standard InChI is InChI=1S/C25H42O21/c26-1-7-11(29)17(35)24(41-7)46-20-14(32)8(2-27)42-25(20)45-19-6(28)3-39-23(18(19)36)44-10-5-40-22(16(34)13(10)31)43-9-4-38-21(37)15(33)12(9)30/h6-37H,1-5H2/t6-,7+,8+,9-,10-,11+,12+,13+,14+,15-,16-,17-,18-,19+,20-,21?,22+,23+,24+,25+/m1/s1. The van der Waals surface area contributed by atoms with E-state index in [4.69, 9.17) is 42.6 Å². The largest absolute Gasteiger partial charge is 0.394 e. The van der Waals surface area contributed by atoms with Crippen LogP contribution in [-0.2, 0) is 42.6 Å². The summed E-state index contributed by atoms with van der Waals surface area (Å²) in [4.78, 5) is 0. The Balaban J connectivity index is 1.19. The van der Waals surface area contributed by atoms with Gasteiger partial charge in [-0.3, -0.25) is 0 Å². The highest BCUT2D eigenvalue weighted by Crippen LogP contribution is 2.34. The maximum atomic E-state index is 11.0. The quantitative estimate of drug-likeness (QED) is 0.102. The van der Waals surface area contributed by atoms with Crippen molar-refractivity contribution in [2.24, 2.45) is 0 Å².